The summed E-state index contributed by atoms with van der Waals surface area (Å²) in [5.41, 5.74) is 0.651. The van der Waals surface area contributed by atoms with Crippen molar-refractivity contribution in [2.75, 3.05) is 17.2 Å². The number of fused-ring (bicyclic) bond motifs is 3. The van der Waals surface area contributed by atoms with Gasteiger partial charge in [0.2, 0.25) is 5.66 Å². The van der Waals surface area contributed by atoms with E-state index in [0.717, 1.165) is 19.3 Å². The Morgan fingerprint density at radius 2 is 1.88 bits per heavy atom. The summed E-state index contributed by atoms with van der Waals surface area (Å²) in [6, 6.07) is 11.3. The minimum absolute atomic E-state index is 0.220. The van der Waals surface area contributed by atoms with Gasteiger partial charge in [0.1, 0.15) is 5.82 Å². The smallest absolute Gasteiger partial charge is 0.276 e. The molecule has 0 saturated carbocycles. The fourth-order valence-corrected chi connectivity index (χ4v) is 3.78. The van der Waals surface area contributed by atoms with Crippen LogP contribution in [-0.4, -0.2) is 23.3 Å². The number of anilines is 2. The van der Waals surface area contributed by atoms with Crippen molar-refractivity contribution in [2.24, 2.45) is 0 Å². The zero-order valence-electron chi connectivity index (χ0n) is 14.5. The van der Waals surface area contributed by atoms with Crippen LogP contribution in [0.2, 0.25) is 0 Å². The number of rotatable bonds is 4. The summed E-state index contributed by atoms with van der Waals surface area (Å²) in [4.78, 5) is 27.8. The summed E-state index contributed by atoms with van der Waals surface area (Å²) < 4.78 is 14.0. The van der Waals surface area contributed by atoms with Crippen molar-refractivity contribution in [1.82, 2.24) is 4.90 Å². The van der Waals surface area contributed by atoms with Gasteiger partial charge in [-0.1, -0.05) is 31.9 Å². The maximum Gasteiger partial charge on any atom is 0.276 e. The highest BCUT2D eigenvalue weighted by Crippen LogP contribution is 2.45. The summed E-state index contributed by atoms with van der Waals surface area (Å²) in [5, 5.41) is 6.03. The van der Waals surface area contributed by atoms with Gasteiger partial charge in [0, 0.05) is 23.5 Å². The molecule has 0 aliphatic carbocycles. The molecule has 1 atom stereocenters. The standard InChI is InChI=1S/C20H20FN3O2/c1-2-3-6-11-24-18(25)14-7-4-5-8-16(14)23-20(24)15-12-13(21)9-10-17(15)22-19(20)26/h4-5,7-10,12,23H,2-3,6,11H2,1H3,(H,22,26). The molecule has 26 heavy (non-hydrogen) atoms. The van der Waals surface area contributed by atoms with E-state index < -0.39 is 11.5 Å². The number of amides is 2. The van der Waals surface area contributed by atoms with Gasteiger partial charge < -0.3 is 15.5 Å². The van der Waals surface area contributed by atoms with Crippen LogP contribution in [0, 0.1) is 5.82 Å². The molecular formula is C20H20FN3O2. The predicted octanol–water partition coefficient (Wildman–Crippen LogP) is 3.69. The molecular weight excluding hydrogens is 333 g/mol. The van der Waals surface area contributed by atoms with Gasteiger partial charge in [-0.3, -0.25) is 9.59 Å². The van der Waals surface area contributed by atoms with E-state index in [-0.39, 0.29) is 11.8 Å². The molecule has 0 aromatic heterocycles. The van der Waals surface area contributed by atoms with Crippen molar-refractivity contribution in [2.45, 2.75) is 31.8 Å². The predicted molar refractivity (Wildman–Crippen MR) is 97.3 cm³/mol. The summed E-state index contributed by atoms with van der Waals surface area (Å²) in [5.74, 6) is -1.03. The molecule has 2 aromatic carbocycles. The summed E-state index contributed by atoms with van der Waals surface area (Å²) >= 11 is 0. The van der Waals surface area contributed by atoms with Crippen LogP contribution in [0.25, 0.3) is 0 Å². The van der Waals surface area contributed by atoms with E-state index in [1.165, 1.54) is 18.2 Å². The number of nitrogens with zero attached hydrogens (tertiary/aromatic N) is 1. The molecule has 0 fully saturated rings. The van der Waals surface area contributed by atoms with E-state index >= 15 is 0 Å². The minimum Gasteiger partial charge on any atom is -0.350 e. The first kappa shape index (κ1) is 16.6. The lowest BCUT2D eigenvalue weighted by Crippen LogP contribution is -2.61. The molecule has 1 spiro atoms. The van der Waals surface area contributed by atoms with Crippen LogP contribution < -0.4 is 10.6 Å². The highest BCUT2D eigenvalue weighted by molar-refractivity contribution is 6.14. The first-order valence-corrected chi connectivity index (χ1v) is 8.88. The maximum absolute atomic E-state index is 14.0. The van der Waals surface area contributed by atoms with Crippen molar-refractivity contribution in [1.29, 1.82) is 0 Å². The number of carbonyl (C=O) groups is 2. The molecule has 2 aromatic rings. The second kappa shape index (κ2) is 6.12. The zero-order valence-corrected chi connectivity index (χ0v) is 14.5. The van der Waals surface area contributed by atoms with Crippen molar-refractivity contribution < 1.29 is 14.0 Å². The number of carbonyl (C=O) groups excluding carboxylic acids is 2. The lowest BCUT2D eigenvalue weighted by molar-refractivity contribution is -0.125. The van der Waals surface area contributed by atoms with Gasteiger partial charge in [0.15, 0.2) is 0 Å². The summed E-state index contributed by atoms with van der Waals surface area (Å²) in [6.45, 7) is 2.49. The molecule has 0 saturated heterocycles. The Labute approximate surface area is 151 Å². The minimum atomic E-state index is -1.42. The van der Waals surface area contributed by atoms with E-state index in [1.807, 2.05) is 0 Å². The first-order chi connectivity index (χ1) is 12.6. The fraction of sp³-hybridized carbons (Fsp3) is 0.300. The Morgan fingerprint density at radius 3 is 2.69 bits per heavy atom. The zero-order chi connectivity index (χ0) is 18.3. The Bertz CT molecular complexity index is 898. The lowest BCUT2D eigenvalue weighted by Gasteiger charge is -2.44. The second-order valence-corrected chi connectivity index (χ2v) is 6.69. The molecule has 2 N–H and O–H groups in total. The molecule has 5 nitrogen and oxygen atoms in total. The maximum atomic E-state index is 14.0. The SMILES string of the molecule is CCCCCN1C(=O)c2ccccc2NC12C(=O)Nc1ccc(F)cc12. The Hall–Kier alpha value is -2.89. The Morgan fingerprint density at radius 1 is 1.08 bits per heavy atom. The molecule has 1 unspecified atom stereocenters. The van der Waals surface area contributed by atoms with Crippen molar-refractivity contribution >= 4 is 23.2 Å². The van der Waals surface area contributed by atoms with Gasteiger partial charge in [0.05, 0.1) is 5.56 Å². The van der Waals surface area contributed by atoms with Crippen LogP contribution in [0.4, 0.5) is 15.8 Å². The molecule has 0 radical (unpaired) electrons. The number of halogens is 1. The number of nitrogens with one attached hydrogen (secondary N) is 2. The number of unbranched alkanes of at least 4 members (excludes halogenated alkanes) is 2. The first-order valence-electron chi connectivity index (χ1n) is 8.88. The topological polar surface area (TPSA) is 61.4 Å². The van der Waals surface area contributed by atoms with Gasteiger partial charge in [-0.2, -0.15) is 0 Å². The molecule has 4 rings (SSSR count). The van der Waals surface area contributed by atoms with E-state index in [1.54, 1.807) is 29.2 Å². The third-order valence-corrected chi connectivity index (χ3v) is 5.06. The van der Waals surface area contributed by atoms with E-state index in [2.05, 4.69) is 17.6 Å². The van der Waals surface area contributed by atoms with Gasteiger partial charge >= 0.3 is 0 Å². The molecule has 6 heteroatoms. The van der Waals surface area contributed by atoms with Crippen LogP contribution in [0.5, 0.6) is 0 Å². The third kappa shape index (κ3) is 2.29. The van der Waals surface area contributed by atoms with Crippen molar-refractivity contribution in [3.63, 3.8) is 0 Å². The van der Waals surface area contributed by atoms with Gasteiger partial charge in [-0.05, 0) is 36.8 Å². The summed E-state index contributed by atoms with van der Waals surface area (Å²) in [6.07, 6.45) is 2.71. The van der Waals surface area contributed by atoms with Gasteiger partial charge in [-0.15, -0.1) is 0 Å². The molecule has 2 heterocycles. The largest absolute Gasteiger partial charge is 0.350 e. The normalized spacial score (nSPS) is 20.6. The van der Waals surface area contributed by atoms with Crippen LogP contribution in [0.15, 0.2) is 42.5 Å². The third-order valence-electron chi connectivity index (χ3n) is 5.06. The molecule has 0 bridgehead atoms. The van der Waals surface area contributed by atoms with Crippen LogP contribution in [-0.2, 0) is 10.5 Å². The molecule has 2 amide bonds. The van der Waals surface area contributed by atoms with Crippen molar-refractivity contribution in [3.05, 3.63) is 59.4 Å². The van der Waals surface area contributed by atoms with Crippen molar-refractivity contribution in [3.8, 4) is 0 Å². The van der Waals surface area contributed by atoms with Gasteiger partial charge in [-0.25, -0.2) is 4.39 Å². The van der Waals surface area contributed by atoms with E-state index in [4.69, 9.17) is 0 Å². The van der Waals surface area contributed by atoms with Crippen LogP contribution >= 0.6 is 0 Å². The number of benzene rings is 2. The molecule has 2 aliphatic rings. The fourth-order valence-electron chi connectivity index (χ4n) is 3.78. The van der Waals surface area contributed by atoms with Crippen LogP contribution in [0.3, 0.4) is 0 Å². The monoisotopic (exact) mass is 353 g/mol. The highest BCUT2D eigenvalue weighted by atomic mass is 19.1. The average molecular weight is 353 g/mol. The van der Waals surface area contributed by atoms with Gasteiger partial charge in [0.25, 0.3) is 11.8 Å². The Kier molecular flexibility index (Phi) is 3.90. The second-order valence-electron chi connectivity index (χ2n) is 6.69. The highest BCUT2D eigenvalue weighted by Gasteiger charge is 2.56. The molecule has 2 aliphatic heterocycles. The summed E-state index contributed by atoms with van der Waals surface area (Å²) in [7, 11) is 0. The van der Waals surface area contributed by atoms with E-state index in [9.17, 15) is 14.0 Å². The molecule has 134 valence electrons. The number of para-hydroxylation sites is 1. The number of hydrogen-bond acceptors (Lipinski definition) is 3. The quantitative estimate of drug-likeness (QED) is 0.824. The lowest BCUT2D eigenvalue weighted by atomic mass is 9.92. The van der Waals surface area contributed by atoms with E-state index in [0.29, 0.717) is 29.0 Å². The van der Waals surface area contributed by atoms with Crippen LogP contribution in [0.1, 0.15) is 42.1 Å². The Balaban J connectivity index is 1.89. The number of hydrogen-bond donors (Lipinski definition) is 2. The average Bonchev–Trinajstić information content (AvgIpc) is 2.90.